The van der Waals surface area contributed by atoms with Crippen molar-refractivity contribution in [2.75, 3.05) is 5.75 Å². The number of carbonyl (C=O) groups excluding carboxylic acids is 1. The zero-order valence-corrected chi connectivity index (χ0v) is 17.1. The molecule has 1 amide bonds. The van der Waals surface area contributed by atoms with Gasteiger partial charge in [0.15, 0.2) is 11.3 Å². The first kappa shape index (κ1) is 18.7. The van der Waals surface area contributed by atoms with Gasteiger partial charge in [-0.2, -0.15) is 0 Å². The fourth-order valence-corrected chi connectivity index (χ4v) is 4.05. The molecule has 152 valence electrons. The Labute approximate surface area is 176 Å². The monoisotopic (exact) mass is 421 g/mol. The highest BCUT2D eigenvalue weighted by Gasteiger charge is 2.20. The third-order valence-electron chi connectivity index (χ3n) is 4.81. The van der Waals surface area contributed by atoms with Gasteiger partial charge in [0, 0.05) is 18.1 Å². The number of aromatic nitrogens is 2. The topological polar surface area (TPSA) is 90.4 Å². The van der Waals surface area contributed by atoms with Crippen LogP contribution in [0.3, 0.4) is 0 Å². The number of thioether (sulfide) groups is 1. The molecule has 0 bridgehead atoms. The average molecular weight is 421 g/mol. The van der Waals surface area contributed by atoms with E-state index in [0.717, 1.165) is 23.3 Å². The molecule has 2 aromatic carbocycles. The number of carbonyl (C=O) groups is 1. The molecule has 5 rings (SSSR count). The van der Waals surface area contributed by atoms with Crippen molar-refractivity contribution in [2.24, 2.45) is 0 Å². The van der Waals surface area contributed by atoms with Crippen molar-refractivity contribution in [1.82, 2.24) is 15.5 Å². The van der Waals surface area contributed by atoms with Crippen molar-refractivity contribution < 1.29 is 18.5 Å². The molecular weight excluding hydrogens is 402 g/mol. The summed E-state index contributed by atoms with van der Waals surface area (Å²) in [5.41, 5.74) is 4.27. The van der Waals surface area contributed by atoms with Crippen molar-refractivity contribution in [1.29, 1.82) is 0 Å². The van der Waals surface area contributed by atoms with Crippen molar-refractivity contribution in [2.45, 2.75) is 31.2 Å². The Morgan fingerprint density at radius 1 is 1.23 bits per heavy atom. The summed E-state index contributed by atoms with van der Waals surface area (Å²) >= 11 is 1.26. The number of oxazole rings is 1. The molecule has 1 atom stereocenters. The molecule has 7 nitrogen and oxygen atoms in total. The minimum absolute atomic E-state index is 0.129. The molecule has 1 N–H and O–H groups in total. The third kappa shape index (κ3) is 3.91. The van der Waals surface area contributed by atoms with Crippen LogP contribution in [0.25, 0.3) is 22.4 Å². The van der Waals surface area contributed by atoms with Crippen LogP contribution < -0.4 is 10.1 Å². The van der Waals surface area contributed by atoms with Gasteiger partial charge in [0.25, 0.3) is 5.22 Å². The maximum Gasteiger partial charge on any atom is 0.257 e. The number of para-hydroxylation sites is 2. The summed E-state index contributed by atoms with van der Waals surface area (Å²) in [7, 11) is 0. The highest BCUT2D eigenvalue weighted by Crippen LogP contribution is 2.33. The van der Waals surface area contributed by atoms with E-state index in [9.17, 15) is 4.79 Å². The number of benzene rings is 2. The summed E-state index contributed by atoms with van der Waals surface area (Å²) in [6.07, 6.45) is 1.08. The number of amides is 1. The van der Waals surface area contributed by atoms with E-state index in [1.54, 1.807) is 0 Å². The van der Waals surface area contributed by atoms with Gasteiger partial charge in [-0.1, -0.05) is 29.1 Å². The number of fused-ring (bicyclic) bond motifs is 2. The van der Waals surface area contributed by atoms with Crippen LogP contribution in [0.1, 0.15) is 18.2 Å². The molecule has 0 saturated heterocycles. The first-order valence-electron chi connectivity index (χ1n) is 9.65. The fraction of sp³-hybridized carbons (Fsp3) is 0.227. The van der Waals surface area contributed by atoms with Gasteiger partial charge in [-0.15, -0.1) is 0 Å². The average Bonchev–Trinajstić information content (AvgIpc) is 3.46. The smallest absolute Gasteiger partial charge is 0.257 e. The SMILES string of the molecule is C[C@H]1Cc2cc(-c3cc(CNC(=O)CSc4nc5ccccc5o4)no3)ccc2O1. The van der Waals surface area contributed by atoms with Crippen LogP contribution in [-0.4, -0.2) is 27.9 Å². The van der Waals surface area contributed by atoms with E-state index in [-0.39, 0.29) is 17.8 Å². The first-order chi connectivity index (χ1) is 14.6. The minimum Gasteiger partial charge on any atom is -0.490 e. The summed E-state index contributed by atoms with van der Waals surface area (Å²) in [6.45, 7) is 2.35. The number of ether oxygens (including phenoxy) is 1. The van der Waals surface area contributed by atoms with Gasteiger partial charge in [-0.25, -0.2) is 4.98 Å². The molecule has 0 saturated carbocycles. The van der Waals surface area contributed by atoms with E-state index in [2.05, 4.69) is 28.4 Å². The molecule has 0 radical (unpaired) electrons. The van der Waals surface area contributed by atoms with Gasteiger partial charge >= 0.3 is 0 Å². The molecule has 1 aliphatic rings. The first-order valence-corrected chi connectivity index (χ1v) is 10.6. The standard InChI is InChI=1S/C22H19N3O4S/c1-13-8-15-9-14(6-7-18(15)27-13)20-10-16(25-29-20)11-23-21(26)12-30-22-24-17-4-2-3-5-19(17)28-22/h2-7,9-10,13H,8,11-12H2,1H3,(H,23,26)/t13-/m0/s1. The third-order valence-corrected chi connectivity index (χ3v) is 5.64. The van der Waals surface area contributed by atoms with Gasteiger partial charge in [0.1, 0.15) is 23.1 Å². The van der Waals surface area contributed by atoms with Crippen molar-refractivity contribution in [3.05, 3.63) is 59.8 Å². The quantitative estimate of drug-likeness (QED) is 0.466. The minimum atomic E-state index is -0.129. The van der Waals surface area contributed by atoms with Gasteiger partial charge in [-0.3, -0.25) is 4.79 Å². The number of hydrogen-bond acceptors (Lipinski definition) is 7. The van der Waals surface area contributed by atoms with Crippen LogP contribution in [0.4, 0.5) is 0 Å². The Kier molecular flexibility index (Phi) is 4.92. The summed E-state index contributed by atoms with van der Waals surface area (Å²) < 4.78 is 16.8. The molecule has 8 heteroatoms. The van der Waals surface area contributed by atoms with Crippen LogP contribution in [0.2, 0.25) is 0 Å². The largest absolute Gasteiger partial charge is 0.490 e. The van der Waals surface area contributed by atoms with E-state index in [0.29, 0.717) is 28.8 Å². The van der Waals surface area contributed by atoms with Crippen LogP contribution in [0.5, 0.6) is 5.75 Å². The lowest BCUT2D eigenvalue weighted by Crippen LogP contribution is -2.24. The van der Waals surface area contributed by atoms with Gasteiger partial charge in [0.2, 0.25) is 5.91 Å². The van der Waals surface area contributed by atoms with E-state index < -0.39 is 0 Å². The summed E-state index contributed by atoms with van der Waals surface area (Å²) in [4.78, 5) is 16.5. The second-order valence-corrected chi connectivity index (χ2v) is 8.08. The predicted molar refractivity (Wildman–Crippen MR) is 112 cm³/mol. The van der Waals surface area contributed by atoms with Crippen LogP contribution in [-0.2, 0) is 17.8 Å². The molecule has 0 aliphatic carbocycles. The molecule has 0 unspecified atom stereocenters. The van der Waals surface area contributed by atoms with Crippen molar-refractivity contribution >= 4 is 28.8 Å². The lowest BCUT2D eigenvalue weighted by molar-refractivity contribution is -0.118. The molecule has 4 aromatic rings. The van der Waals surface area contributed by atoms with Crippen LogP contribution in [0, 0.1) is 0 Å². The number of nitrogens with zero attached hydrogens (tertiary/aromatic N) is 2. The molecule has 30 heavy (non-hydrogen) atoms. The van der Waals surface area contributed by atoms with Gasteiger partial charge in [-0.05, 0) is 42.8 Å². The molecule has 0 spiro atoms. The highest BCUT2D eigenvalue weighted by atomic mass is 32.2. The fourth-order valence-electron chi connectivity index (χ4n) is 3.39. The highest BCUT2D eigenvalue weighted by molar-refractivity contribution is 7.99. The molecular formula is C22H19N3O4S. The van der Waals surface area contributed by atoms with Gasteiger partial charge < -0.3 is 19.0 Å². The van der Waals surface area contributed by atoms with Crippen LogP contribution in [0.15, 0.2) is 62.7 Å². The normalized spacial score (nSPS) is 15.2. The van der Waals surface area contributed by atoms with Gasteiger partial charge in [0.05, 0.1) is 12.3 Å². The predicted octanol–water partition coefficient (Wildman–Crippen LogP) is 4.21. The Morgan fingerprint density at radius 2 is 2.13 bits per heavy atom. The number of rotatable bonds is 6. The molecule has 2 aromatic heterocycles. The summed E-state index contributed by atoms with van der Waals surface area (Å²) in [6, 6.07) is 15.3. The van der Waals surface area contributed by atoms with E-state index in [4.69, 9.17) is 13.7 Å². The maximum absolute atomic E-state index is 12.2. The molecule has 1 aliphatic heterocycles. The van der Waals surface area contributed by atoms with Crippen molar-refractivity contribution in [3.8, 4) is 17.1 Å². The second-order valence-electron chi connectivity index (χ2n) is 7.15. The number of nitrogens with one attached hydrogen (secondary N) is 1. The van der Waals surface area contributed by atoms with Crippen LogP contribution >= 0.6 is 11.8 Å². The second kappa shape index (κ2) is 7.87. The van der Waals surface area contributed by atoms with E-state index in [1.807, 2.05) is 42.5 Å². The lowest BCUT2D eigenvalue weighted by atomic mass is 10.1. The summed E-state index contributed by atoms with van der Waals surface area (Å²) in [5.74, 6) is 1.67. The Hall–Kier alpha value is -3.26. The molecule has 0 fully saturated rings. The summed E-state index contributed by atoms with van der Waals surface area (Å²) in [5, 5.41) is 7.38. The maximum atomic E-state index is 12.2. The zero-order valence-electron chi connectivity index (χ0n) is 16.3. The van der Waals surface area contributed by atoms with E-state index >= 15 is 0 Å². The Morgan fingerprint density at radius 3 is 3.03 bits per heavy atom. The molecule has 3 heterocycles. The number of hydrogen-bond donors (Lipinski definition) is 1. The lowest BCUT2D eigenvalue weighted by Gasteiger charge is -2.02. The zero-order chi connectivity index (χ0) is 20.5. The Bertz CT molecular complexity index is 1180. The van der Waals surface area contributed by atoms with Crippen molar-refractivity contribution in [3.63, 3.8) is 0 Å². The Balaban J connectivity index is 1.16. The van der Waals surface area contributed by atoms with E-state index in [1.165, 1.54) is 17.3 Å².